The lowest BCUT2D eigenvalue weighted by Gasteiger charge is -2.20. The summed E-state index contributed by atoms with van der Waals surface area (Å²) in [6, 6.07) is 7.81. The van der Waals surface area contributed by atoms with Gasteiger partial charge in [0.05, 0.1) is 25.5 Å². The number of hydrogen-bond donors (Lipinski definition) is 2. The van der Waals surface area contributed by atoms with E-state index in [9.17, 15) is 0 Å². The summed E-state index contributed by atoms with van der Waals surface area (Å²) in [6.07, 6.45) is 1.68. The van der Waals surface area contributed by atoms with E-state index in [1.807, 2.05) is 24.3 Å². The molecule has 0 saturated heterocycles. The minimum absolute atomic E-state index is 0.660. The highest BCUT2D eigenvalue weighted by molar-refractivity contribution is 5.59. The summed E-state index contributed by atoms with van der Waals surface area (Å²) in [5.41, 5.74) is 3.64. The largest absolute Gasteiger partial charge is 0.456 e. The minimum Gasteiger partial charge on any atom is -0.456 e. The van der Waals surface area contributed by atoms with Crippen LogP contribution in [0.5, 0.6) is 5.75 Å². The number of ether oxygens (including phenoxy) is 1. The van der Waals surface area contributed by atoms with Crippen molar-refractivity contribution in [3.05, 3.63) is 36.2 Å². The van der Waals surface area contributed by atoms with Gasteiger partial charge in [-0.25, -0.2) is 0 Å². The van der Waals surface area contributed by atoms with Crippen molar-refractivity contribution >= 4 is 5.69 Å². The van der Waals surface area contributed by atoms with Gasteiger partial charge in [-0.15, -0.1) is 0 Å². The molecule has 1 aromatic carbocycles. The van der Waals surface area contributed by atoms with Gasteiger partial charge in [0.25, 0.3) is 0 Å². The zero-order valence-corrected chi connectivity index (χ0v) is 7.91. The average Bonchev–Trinajstić information content (AvgIpc) is 2.26. The van der Waals surface area contributed by atoms with Crippen LogP contribution < -0.4 is 15.5 Å². The van der Waals surface area contributed by atoms with Crippen LogP contribution in [0, 0.1) is 0 Å². The molecule has 1 aromatic rings. The molecule has 0 aromatic heterocycles. The second-order valence-corrected chi connectivity index (χ2v) is 2.88. The lowest BCUT2D eigenvalue weighted by molar-refractivity contribution is 0.125. The Bertz CT molecular complexity index is 350. The van der Waals surface area contributed by atoms with Crippen molar-refractivity contribution in [2.75, 3.05) is 19.0 Å². The van der Waals surface area contributed by atoms with Crippen molar-refractivity contribution < 1.29 is 9.57 Å². The van der Waals surface area contributed by atoms with Gasteiger partial charge in [0.2, 0.25) is 0 Å². The third-order valence-corrected chi connectivity index (χ3v) is 1.92. The standard InChI is InChI=1S/C10H12N2O2/c1-13-12-7-8-6-11-9-4-2-3-5-10(9)14-8/h2-5,7,11-12H,6H2,1H3. The van der Waals surface area contributed by atoms with Crippen LogP contribution >= 0.6 is 0 Å². The molecule has 0 aliphatic carbocycles. The van der Waals surface area contributed by atoms with E-state index in [4.69, 9.17) is 9.57 Å². The summed E-state index contributed by atoms with van der Waals surface area (Å²) in [6.45, 7) is 0.660. The molecule has 4 nitrogen and oxygen atoms in total. The maximum Gasteiger partial charge on any atom is 0.150 e. The van der Waals surface area contributed by atoms with Gasteiger partial charge in [-0.3, -0.25) is 10.3 Å². The molecular weight excluding hydrogens is 180 g/mol. The molecule has 2 rings (SSSR count). The first-order valence-electron chi connectivity index (χ1n) is 4.38. The Hall–Kier alpha value is -1.68. The van der Waals surface area contributed by atoms with Gasteiger partial charge in [0, 0.05) is 0 Å². The van der Waals surface area contributed by atoms with Crippen molar-refractivity contribution in [1.82, 2.24) is 5.48 Å². The van der Waals surface area contributed by atoms with Crippen LogP contribution in [0.2, 0.25) is 0 Å². The van der Waals surface area contributed by atoms with Crippen molar-refractivity contribution in [2.45, 2.75) is 0 Å². The predicted molar refractivity (Wildman–Crippen MR) is 53.8 cm³/mol. The number of nitrogens with one attached hydrogen (secondary N) is 2. The number of benzene rings is 1. The van der Waals surface area contributed by atoms with E-state index in [1.54, 1.807) is 13.3 Å². The first-order chi connectivity index (χ1) is 6.90. The molecule has 0 atom stereocenters. The summed E-state index contributed by atoms with van der Waals surface area (Å²) in [5, 5.41) is 3.23. The van der Waals surface area contributed by atoms with Gasteiger partial charge in [-0.1, -0.05) is 12.1 Å². The second-order valence-electron chi connectivity index (χ2n) is 2.88. The lowest BCUT2D eigenvalue weighted by Crippen LogP contribution is -2.18. The van der Waals surface area contributed by atoms with E-state index >= 15 is 0 Å². The third kappa shape index (κ3) is 1.80. The van der Waals surface area contributed by atoms with Gasteiger partial charge in [-0.05, 0) is 12.1 Å². The fraction of sp³-hybridized carbons (Fsp3) is 0.200. The molecule has 4 heteroatoms. The minimum atomic E-state index is 0.660. The Balaban J connectivity index is 2.13. The van der Waals surface area contributed by atoms with Gasteiger partial charge >= 0.3 is 0 Å². The molecule has 0 spiro atoms. The molecular formula is C10H12N2O2. The topological polar surface area (TPSA) is 42.5 Å². The van der Waals surface area contributed by atoms with Crippen LogP contribution in [-0.2, 0) is 4.84 Å². The number of para-hydroxylation sites is 2. The molecule has 0 radical (unpaired) electrons. The summed E-state index contributed by atoms with van der Waals surface area (Å²) >= 11 is 0. The monoisotopic (exact) mass is 192 g/mol. The van der Waals surface area contributed by atoms with E-state index in [-0.39, 0.29) is 0 Å². The fourth-order valence-electron chi connectivity index (χ4n) is 1.27. The van der Waals surface area contributed by atoms with Crippen LogP contribution in [0.3, 0.4) is 0 Å². The van der Waals surface area contributed by atoms with E-state index in [0.717, 1.165) is 17.2 Å². The molecule has 14 heavy (non-hydrogen) atoms. The van der Waals surface area contributed by atoms with Crippen LogP contribution in [0.1, 0.15) is 0 Å². The van der Waals surface area contributed by atoms with Crippen LogP contribution in [0.15, 0.2) is 36.2 Å². The van der Waals surface area contributed by atoms with Crippen molar-refractivity contribution in [1.29, 1.82) is 0 Å². The normalized spacial score (nSPS) is 16.8. The van der Waals surface area contributed by atoms with Gasteiger partial charge < -0.3 is 10.1 Å². The van der Waals surface area contributed by atoms with Gasteiger partial charge in [0.1, 0.15) is 11.5 Å². The number of hydroxylamine groups is 1. The van der Waals surface area contributed by atoms with E-state index in [1.165, 1.54) is 0 Å². The SMILES string of the molecule is CONC=C1CNc2ccccc2O1. The van der Waals surface area contributed by atoms with Crippen LogP contribution in [0.4, 0.5) is 5.69 Å². The van der Waals surface area contributed by atoms with Gasteiger partial charge in [0.15, 0.2) is 0 Å². The Morgan fingerprint density at radius 2 is 2.36 bits per heavy atom. The number of fused-ring (bicyclic) bond motifs is 1. The third-order valence-electron chi connectivity index (χ3n) is 1.92. The first-order valence-corrected chi connectivity index (χ1v) is 4.38. The zero-order valence-electron chi connectivity index (χ0n) is 7.91. The highest BCUT2D eigenvalue weighted by atomic mass is 16.6. The summed E-state index contributed by atoms with van der Waals surface area (Å²) in [5.74, 6) is 1.63. The number of anilines is 1. The Kier molecular flexibility index (Phi) is 2.55. The molecule has 1 aliphatic heterocycles. The molecule has 0 unspecified atom stereocenters. The van der Waals surface area contributed by atoms with Gasteiger partial charge in [-0.2, -0.15) is 0 Å². The van der Waals surface area contributed by atoms with E-state index < -0.39 is 0 Å². The van der Waals surface area contributed by atoms with Crippen molar-refractivity contribution in [2.24, 2.45) is 0 Å². The quantitative estimate of drug-likeness (QED) is 0.696. The summed E-state index contributed by atoms with van der Waals surface area (Å²) in [4.78, 5) is 4.70. The maximum absolute atomic E-state index is 5.59. The molecule has 1 aliphatic rings. The van der Waals surface area contributed by atoms with Crippen molar-refractivity contribution in [3.63, 3.8) is 0 Å². The van der Waals surface area contributed by atoms with Crippen molar-refractivity contribution in [3.8, 4) is 5.75 Å². The summed E-state index contributed by atoms with van der Waals surface area (Å²) in [7, 11) is 1.56. The molecule has 0 amide bonds. The number of rotatable bonds is 2. The molecule has 1 heterocycles. The first kappa shape index (κ1) is 8.90. The Morgan fingerprint density at radius 3 is 3.21 bits per heavy atom. The molecule has 0 bridgehead atoms. The highest BCUT2D eigenvalue weighted by Crippen LogP contribution is 2.28. The smallest absolute Gasteiger partial charge is 0.150 e. The molecule has 0 fully saturated rings. The highest BCUT2D eigenvalue weighted by Gasteiger charge is 2.11. The van der Waals surface area contributed by atoms with Crippen LogP contribution in [-0.4, -0.2) is 13.7 Å². The maximum atomic E-state index is 5.59. The summed E-state index contributed by atoms with van der Waals surface area (Å²) < 4.78 is 5.59. The fourth-order valence-corrected chi connectivity index (χ4v) is 1.27. The average molecular weight is 192 g/mol. The number of hydrogen-bond acceptors (Lipinski definition) is 4. The predicted octanol–water partition coefficient (Wildman–Crippen LogP) is 1.48. The van der Waals surface area contributed by atoms with E-state index in [0.29, 0.717) is 6.54 Å². The lowest BCUT2D eigenvalue weighted by atomic mass is 10.2. The molecule has 74 valence electrons. The molecule has 2 N–H and O–H groups in total. The van der Waals surface area contributed by atoms with Crippen LogP contribution in [0.25, 0.3) is 0 Å². The van der Waals surface area contributed by atoms with E-state index in [2.05, 4.69) is 10.8 Å². The Morgan fingerprint density at radius 1 is 1.50 bits per heavy atom. The second kappa shape index (κ2) is 4.02. The zero-order chi connectivity index (χ0) is 9.80. The molecule has 0 saturated carbocycles. The Labute approximate surface area is 82.5 Å².